The maximum absolute atomic E-state index is 15.9. The number of fused-ring (bicyclic) bond motifs is 2. The summed E-state index contributed by atoms with van der Waals surface area (Å²) in [6, 6.07) is 11.2. The number of rotatable bonds is 12. The van der Waals surface area contributed by atoms with E-state index in [2.05, 4.69) is 25.4 Å². The second-order valence-corrected chi connectivity index (χ2v) is 14.4. The van der Waals surface area contributed by atoms with Crippen LogP contribution in [-0.4, -0.2) is 80.7 Å². The van der Waals surface area contributed by atoms with E-state index >= 15 is 4.39 Å². The Bertz CT molecular complexity index is 1800. The lowest BCUT2D eigenvalue weighted by Crippen LogP contribution is -2.48. The highest BCUT2D eigenvalue weighted by molar-refractivity contribution is 7.52. The summed E-state index contributed by atoms with van der Waals surface area (Å²) in [4.78, 5) is 25.4. The number of nitrogens with two attached hydrogens (primary N) is 1. The van der Waals surface area contributed by atoms with E-state index in [1.807, 2.05) is 39.0 Å². The normalized spacial score (nSPS) is 23.4. The van der Waals surface area contributed by atoms with Crippen molar-refractivity contribution in [2.75, 3.05) is 37.2 Å². The van der Waals surface area contributed by atoms with Crippen molar-refractivity contribution in [3.63, 3.8) is 0 Å². The average Bonchev–Trinajstić information content (AvgIpc) is 3.56. The molecule has 1 saturated heterocycles. The van der Waals surface area contributed by atoms with E-state index in [0.29, 0.717) is 11.2 Å². The number of imidazole rings is 1. The van der Waals surface area contributed by atoms with Gasteiger partial charge in [0.05, 0.1) is 25.4 Å². The zero-order valence-electron chi connectivity index (χ0n) is 26.5. The number of aliphatic hydroxyl groups is 1. The molecule has 14 nitrogen and oxygen atoms in total. The first-order valence-electron chi connectivity index (χ1n) is 14.8. The molecule has 0 amide bonds. The minimum Gasteiger partial charge on any atom is -0.464 e. The molecule has 5 N–H and O–H groups in total. The summed E-state index contributed by atoms with van der Waals surface area (Å²) in [7, 11) is -2.89. The lowest BCUT2D eigenvalue weighted by molar-refractivity contribution is -0.148. The van der Waals surface area contributed by atoms with Gasteiger partial charge in [0.1, 0.15) is 23.5 Å². The van der Waals surface area contributed by atoms with Gasteiger partial charge >= 0.3 is 13.7 Å². The van der Waals surface area contributed by atoms with Crippen molar-refractivity contribution in [1.29, 1.82) is 0 Å². The van der Waals surface area contributed by atoms with Gasteiger partial charge in [0.25, 0.3) is 0 Å². The van der Waals surface area contributed by atoms with Gasteiger partial charge in [-0.15, -0.1) is 11.6 Å². The van der Waals surface area contributed by atoms with Crippen molar-refractivity contribution in [2.45, 2.75) is 57.8 Å². The summed E-state index contributed by atoms with van der Waals surface area (Å²) in [5.41, 5.74) is 4.03. The number of carbonyl (C=O) groups is 1. The number of esters is 1. The summed E-state index contributed by atoms with van der Waals surface area (Å²) >= 11 is 6.31. The van der Waals surface area contributed by atoms with Crippen LogP contribution >= 0.6 is 19.3 Å². The van der Waals surface area contributed by atoms with Gasteiger partial charge in [-0.05, 0) is 23.8 Å². The molecule has 47 heavy (non-hydrogen) atoms. The van der Waals surface area contributed by atoms with Crippen molar-refractivity contribution in [3.05, 3.63) is 48.8 Å². The van der Waals surface area contributed by atoms with Gasteiger partial charge < -0.3 is 30.2 Å². The van der Waals surface area contributed by atoms with Crippen LogP contribution in [0.3, 0.4) is 0 Å². The summed E-state index contributed by atoms with van der Waals surface area (Å²) in [6.07, 6.45) is -4.11. The first-order chi connectivity index (χ1) is 22.2. The van der Waals surface area contributed by atoms with Gasteiger partial charge in [0.2, 0.25) is 5.95 Å². The SMILES string of the molecule is CNc1nc(N)nc2c1ncn2[C@@H]1O[C@](CCl)(COP(=O)(N[C@@H](C)C(=O)OCC(C)(C)C)Oc2cccc3ccccc23)[C@@H](O)[C@@H]1F. The molecule has 2 aromatic heterocycles. The van der Waals surface area contributed by atoms with Crippen molar-refractivity contribution in [2.24, 2.45) is 5.41 Å². The zero-order valence-corrected chi connectivity index (χ0v) is 28.2. The lowest BCUT2D eigenvalue weighted by atomic mass is 9.99. The number of anilines is 2. The number of hydrogen-bond acceptors (Lipinski definition) is 12. The van der Waals surface area contributed by atoms with Gasteiger partial charge in [-0.1, -0.05) is 57.2 Å². The third kappa shape index (κ3) is 7.30. The Kier molecular flexibility index (Phi) is 9.97. The number of hydrogen-bond donors (Lipinski definition) is 4. The van der Waals surface area contributed by atoms with E-state index in [1.54, 1.807) is 31.3 Å². The van der Waals surface area contributed by atoms with Crippen LogP contribution in [0.2, 0.25) is 0 Å². The number of nitrogens with zero attached hydrogens (tertiary/aromatic N) is 4. The second kappa shape index (κ2) is 13.5. The van der Waals surface area contributed by atoms with Crippen molar-refractivity contribution in [1.82, 2.24) is 24.6 Å². The van der Waals surface area contributed by atoms with Gasteiger partial charge in [-0.3, -0.25) is 13.9 Å². The number of nitrogens with one attached hydrogen (secondary N) is 2. The van der Waals surface area contributed by atoms with E-state index in [4.69, 9.17) is 35.9 Å². The zero-order chi connectivity index (χ0) is 34.1. The predicted molar refractivity (Wildman–Crippen MR) is 175 cm³/mol. The molecule has 2 aromatic carbocycles. The molecule has 0 saturated carbocycles. The van der Waals surface area contributed by atoms with Crippen molar-refractivity contribution in [3.8, 4) is 5.75 Å². The van der Waals surface area contributed by atoms with Crippen LogP contribution in [0.4, 0.5) is 16.2 Å². The Hall–Kier alpha value is -3.59. The fourth-order valence-electron chi connectivity index (χ4n) is 4.99. The van der Waals surface area contributed by atoms with Gasteiger partial charge in [-0.25, -0.2) is 13.9 Å². The number of benzene rings is 2. The molecule has 0 aliphatic carbocycles. The Morgan fingerprint density at radius 3 is 2.68 bits per heavy atom. The number of carbonyl (C=O) groups excluding carboxylic acids is 1. The Morgan fingerprint density at radius 1 is 1.26 bits per heavy atom. The van der Waals surface area contributed by atoms with Crippen LogP contribution in [0.15, 0.2) is 48.8 Å². The van der Waals surface area contributed by atoms with Gasteiger partial charge in [-0.2, -0.15) is 15.1 Å². The molecule has 1 fully saturated rings. The lowest BCUT2D eigenvalue weighted by Gasteiger charge is -2.32. The highest BCUT2D eigenvalue weighted by Crippen LogP contribution is 2.50. The van der Waals surface area contributed by atoms with Gasteiger partial charge in [0, 0.05) is 12.4 Å². The fraction of sp³-hybridized carbons (Fsp3) is 0.467. The van der Waals surface area contributed by atoms with E-state index in [9.17, 15) is 14.5 Å². The minimum absolute atomic E-state index is 0.0998. The third-order valence-electron chi connectivity index (χ3n) is 7.44. The first-order valence-corrected chi connectivity index (χ1v) is 16.9. The van der Waals surface area contributed by atoms with Crippen molar-refractivity contribution >= 4 is 59.0 Å². The monoisotopic (exact) mass is 693 g/mol. The molecule has 0 radical (unpaired) electrons. The van der Waals surface area contributed by atoms with Gasteiger partial charge in [0.15, 0.2) is 29.4 Å². The summed E-state index contributed by atoms with van der Waals surface area (Å²) < 4.78 is 54.9. The van der Waals surface area contributed by atoms with E-state index < -0.39 is 56.3 Å². The second-order valence-electron chi connectivity index (χ2n) is 12.5. The van der Waals surface area contributed by atoms with E-state index in [0.717, 1.165) is 5.39 Å². The number of aliphatic hydroxyl groups excluding tert-OH is 1. The number of ether oxygens (including phenoxy) is 2. The molecule has 254 valence electrons. The van der Waals surface area contributed by atoms with Crippen LogP contribution in [0.1, 0.15) is 33.9 Å². The van der Waals surface area contributed by atoms with E-state index in [1.165, 1.54) is 17.8 Å². The van der Waals surface area contributed by atoms with Crippen LogP contribution < -0.4 is 20.7 Å². The van der Waals surface area contributed by atoms with Crippen LogP contribution in [0.25, 0.3) is 21.9 Å². The molecule has 1 unspecified atom stereocenters. The van der Waals surface area contributed by atoms with Crippen LogP contribution in [-0.2, 0) is 23.4 Å². The quantitative estimate of drug-likeness (QED) is 0.0919. The summed E-state index contributed by atoms with van der Waals surface area (Å²) in [5, 5.41) is 18.0. The molecule has 0 bridgehead atoms. The van der Waals surface area contributed by atoms with Crippen LogP contribution in [0, 0.1) is 5.41 Å². The highest BCUT2D eigenvalue weighted by Gasteiger charge is 2.57. The molecule has 3 heterocycles. The maximum atomic E-state index is 15.9. The summed E-state index contributed by atoms with van der Waals surface area (Å²) in [6.45, 7) is 6.53. The molecule has 0 spiro atoms. The minimum atomic E-state index is -4.50. The predicted octanol–water partition coefficient (Wildman–Crippen LogP) is 4.58. The average molecular weight is 694 g/mol. The Morgan fingerprint density at radius 2 is 1.98 bits per heavy atom. The van der Waals surface area contributed by atoms with Crippen molar-refractivity contribution < 1.29 is 37.4 Å². The molecule has 1 aliphatic rings. The number of aromatic nitrogens is 4. The smallest absolute Gasteiger partial charge is 0.459 e. The topological polar surface area (TPSA) is 185 Å². The third-order valence-corrected chi connectivity index (χ3v) is 9.51. The molecule has 6 atom stereocenters. The maximum Gasteiger partial charge on any atom is 0.459 e. The molecular formula is C30H38ClFN7O7P. The molecule has 5 rings (SSSR count). The number of halogens is 2. The summed E-state index contributed by atoms with van der Waals surface area (Å²) in [5.74, 6) is -0.788. The van der Waals surface area contributed by atoms with E-state index in [-0.39, 0.29) is 34.9 Å². The number of nitrogen functional groups attached to an aromatic ring is 1. The Balaban J connectivity index is 1.44. The van der Waals surface area contributed by atoms with Crippen LogP contribution in [0.5, 0.6) is 5.75 Å². The standard InChI is InChI=1S/C30H38ClFN7O7P/c1-17(27(41)43-14-29(2,3)4)38-47(42,46-20-12-8-10-18-9-6-7-11-19(18)20)44-15-30(13-31)23(40)21(32)26(45-30)39-16-35-22-24(34-5)36-28(33)37-25(22)39/h6-12,16-17,21,23,26,40H,13-15H2,1-5H3,(H,38,42)(H3,33,34,36,37)/t17-,21-,23-,26+,30+,47?/m0/s1. The largest absolute Gasteiger partial charge is 0.464 e. The Labute approximate surface area is 275 Å². The first kappa shape index (κ1) is 34.7. The fourth-order valence-corrected chi connectivity index (χ4v) is 6.85. The molecule has 1 aliphatic heterocycles. The highest BCUT2D eigenvalue weighted by atomic mass is 35.5. The molecule has 4 aromatic rings. The number of alkyl halides is 2. The molecule has 17 heteroatoms. The molecular weight excluding hydrogens is 656 g/mol.